The third kappa shape index (κ3) is 5.98. The van der Waals surface area contributed by atoms with Crippen molar-refractivity contribution in [3.63, 3.8) is 0 Å². The molecule has 4 nitrogen and oxygen atoms in total. The van der Waals surface area contributed by atoms with Gasteiger partial charge in [0, 0.05) is 28.5 Å². The summed E-state index contributed by atoms with van der Waals surface area (Å²) in [5.41, 5.74) is 1.77. The van der Waals surface area contributed by atoms with Crippen molar-refractivity contribution in [2.24, 2.45) is 0 Å². The van der Waals surface area contributed by atoms with E-state index < -0.39 is 0 Å². The van der Waals surface area contributed by atoms with Crippen LogP contribution in [0.2, 0.25) is 0 Å². The fraction of sp³-hybridized carbons (Fsp3) is 0.176. The summed E-state index contributed by atoms with van der Waals surface area (Å²) in [6.07, 6.45) is 0. The van der Waals surface area contributed by atoms with Gasteiger partial charge in [-0.1, -0.05) is 28.1 Å². The number of thioether (sulfide) groups is 1. The van der Waals surface area contributed by atoms with E-state index in [4.69, 9.17) is 0 Å². The Hall–Kier alpha value is -1.86. The lowest BCUT2D eigenvalue weighted by molar-refractivity contribution is -0.114. The molecule has 0 saturated heterocycles. The first kappa shape index (κ1) is 18.5. The van der Waals surface area contributed by atoms with Gasteiger partial charge in [-0.3, -0.25) is 9.59 Å². The molecule has 7 heteroatoms. The highest BCUT2D eigenvalue weighted by Gasteiger charge is 2.07. The number of hydrogen-bond acceptors (Lipinski definition) is 3. The van der Waals surface area contributed by atoms with E-state index in [-0.39, 0.29) is 23.4 Å². The zero-order valence-electron chi connectivity index (χ0n) is 12.9. The summed E-state index contributed by atoms with van der Waals surface area (Å²) in [4.78, 5) is 23.0. The molecule has 2 amide bonds. The normalized spacial score (nSPS) is 10.3. The van der Waals surface area contributed by atoms with Gasteiger partial charge in [-0.2, -0.15) is 0 Å². The van der Waals surface area contributed by atoms with Gasteiger partial charge in [-0.15, -0.1) is 11.8 Å². The van der Waals surface area contributed by atoms with Crippen molar-refractivity contribution in [1.82, 2.24) is 0 Å². The van der Waals surface area contributed by atoms with E-state index in [9.17, 15) is 14.0 Å². The average Bonchev–Trinajstić information content (AvgIpc) is 2.49. The average molecular weight is 411 g/mol. The Kier molecular flexibility index (Phi) is 6.81. The van der Waals surface area contributed by atoms with Crippen LogP contribution in [0.4, 0.5) is 15.8 Å². The molecule has 0 heterocycles. The number of amides is 2. The van der Waals surface area contributed by atoms with Crippen molar-refractivity contribution in [3.8, 4) is 0 Å². The molecule has 0 saturated carbocycles. The van der Waals surface area contributed by atoms with Crippen LogP contribution in [0.3, 0.4) is 0 Å². The van der Waals surface area contributed by atoms with Crippen molar-refractivity contribution in [2.75, 3.05) is 16.4 Å². The van der Waals surface area contributed by atoms with Crippen LogP contribution in [0.5, 0.6) is 0 Å². The molecular weight excluding hydrogens is 395 g/mol. The SMILES string of the molecule is CC(=O)Nc1cccc(NC(=O)CSCc2ccc(Br)cc2F)c1. The summed E-state index contributed by atoms with van der Waals surface area (Å²) in [5.74, 6) is -0.0263. The smallest absolute Gasteiger partial charge is 0.234 e. The maximum absolute atomic E-state index is 13.7. The minimum atomic E-state index is -0.291. The molecule has 0 bridgehead atoms. The fourth-order valence-electron chi connectivity index (χ4n) is 1.97. The van der Waals surface area contributed by atoms with Crippen LogP contribution in [0.25, 0.3) is 0 Å². The second kappa shape index (κ2) is 8.84. The van der Waals surface area contributed by atoms with Crippen molar-refractivity contribution in [3.05, 3.63) is 58.3 Å². The first-order valence-electron chi connectivity index (χ1n) is 7.13. The second-order valence-electron chi connectivity index (χ2n) is 5.04. The third-order valence-electron chi connectivity index (χ3n) is 2.97. The van der Waals surface area contributed by atoms with Gasteiger partial charge in [-0.05, 0) is 35.9 Å². The predicted molar refractivity (Wildman–Crippen MR) is 99.6 cm³/mol. The molecule has 2 rings (SSSR count). The van der Waals surface area contributed by atoms with E-state index >= 15 is 0 Å². The van der Waals surface area contributed by atoms with Crippen molar-refractivity contribution < 1.29 is 14.0 Å². The second-order valence-corrected chi connectivity index (χ2v) is 6.94. The van der Waals surface area contributed by atoms with Gasteiger partial charge in [0.25, 0.3) is 0 Å². The molecule has 0 atom stereocenters. The lowest BCUT2D eigenvalue weighted by atomic mass is 10.2. The molecule has 0 unspecified atom stereocenters. The Morgan fingerprint density at radius 2 is 1.83 bits per heavy atom. The van der Waals surface area contributed by atoms with Crippen LogP contribution in [-0.4, -0.2) is 17.6 Å². The van der Waals surface area contributed by atoms with E-state index in [1.807, 2.05) is 0 Å². The molecule has 2 aromatic carbocycles. The Morgan fingerprint density at radius 3 is 2.50 bits per heavy atom. The van der Waals surface area contributed by atoms with Gasteiger partial charge in [0.05, 0.1) is 5.75 Å². The number of carbonyl (C=O) groups excluding carboxylic acids is 2. The summed E-state index contributed by atoms with van der Waals surface area (Å²) < 4.78 is 14.4. The Labute approximate surface area is 152 Å². The number of benzene rings is 2. The van der Waals surface area contributed by atoms with Gasteiger partial charge >= 0.3 is 0 Å². The zero-order valence-corrected chi connectivity index (χ0v) is 15.3. The van der Waals surface area contributed by atoms with Gasteiger partial charge in [0.1, 0.15) is 5.82 Å². The number of anilines is 2. The largest absolute Gasteiger partial charge is 0.326 e. The third-order valence-corrected chi connectivity index (χ3v) is 4.45. The van der Waals surface area contributed by atoms with Crippen LogP contribution < -0.4 is 10.6 Å². The maximum Gasteiger partial charge on any atom is 0.234 e. The van der Waals surface area contributed by atoms with Gasteiger partial charge in [0.2, 0.25) is 11.8 Å². The standard InChI is InChI=1S/C17H16BrFN2O2S/c1-11(22)20-14-3-2-4-15(8-14)21-17(23)10-24-9-12-5-6-13(18)7-16(12)19/h2-8H,9-10H2,1H3,(H,20,22)(H,21,23). The lowest BCUT2D eigenvalue weighted by Gasteiger charge is -2.08. The van der Waals surface area contributed by atoms with Crippen LogP contribution in [-0.2, 0) is 15.3 Å². The molecule has 0 spiro atoms. The summed E-state index contributed by atoms with van der Waals surface area (Å²) >= 11 is 4.54. The quantitative estimate of drug-likeness (QED) is 0.740. The molecule has 24 heavy (non-hydrogen) atoms. The Morgan fingerprint density at radius 1 is 1.12 bits per heavy atom. The van der Waals surface area contributed by atoms with Gasteiger partial charge in [0.15, 0.2) is 0 Å². The summed E-state index contributed by atoms with van der Waals surface area (Å²) in [5, 5.41) is 5.41. The first-order chi connectivity index (χ1) is 11.4. The van der Waals surface area contributed by atoms with Crippen molar-refractivity contribution in [1.29, 1.82) is 0 Å². The molecule has 126 valence electrons. The minimum absolute atomic E-state index is 0.175. The van der Waals surface area contributed by atoms with Crippen LogP contribution >= 0.6 is 27.7 Å². The summed E-state index contributed by atoms with van der Waals surface area (Å²) in [6, 6.07) is 11.8. The van der Waals surface area contributed by atoms with E-state index in [0.717, 1.165) is 0 Å². The molecule has 2 N–H and O–H groups in total. The minimum Gasteiger partial charge on any atom is -0.326 e. The number of halogens is 2. The molecule has 2 aromatic rings. The molecule has 0 aliphatic heterocycles. The highest BCUT2D eigenvalue weighted by Crippen LogP contribution is 2.20. The zero-order chi connectivity index (χ0) is 17.5. The number of nitrogens with one attached hydrogen (secondary N) is 2. The molecule has 0 fully saturated rings. The Balaban J connectivity index is 1.84. The summed E-state index contributed by atoms with van der Waals surface area (Å²) in [6.45, 7) is 1.42. The molecule has 0 aliphatic rings. The van der Waals surface area contributed by atoms with Crippen LogP contribution in [0.1, 0.15) is 12.5 Å². The van der Waals surface area contributed by atoms with Gasteiger partial charge < -0.3 is 10.6 Å². The van der Waals surface area contributed by atoms with E-state index in [0.29, 0.717) is 27.2 Å². The molecule has 0 radical (unpaired) electrons. The molecule has 0 aliphatic carbocycles. The number of hydrogen-bond donors (Lipinski definition) is 2. The maximum atomic E-state index is 13.7. The molecular formula is C17H16BrFN2O2S. The Bertz CT molecular complexity index is 755. The number of rotatable bonds is 6. The van der Waals surface area contributed by atoms with E-state index in [2.05, 4.69) is 26.6 Å². The monoisotopic (exact) mass is 410 g/mol. The van der Waals surface area contributed by atoms with E-state index in [1.54, 1.807) is 36.4 Å². The topological polar surface area (TPSA) is 58.2 Å². The van der Waals surface area contributed by atoms with E-state index in [1.165, 1.54) is 24.8 Å². The first-order valence-corrected chi connectivity index (χ1v) is 9.08. The summed E-state index contributed by atoms with van der Waals surface area (Å²) in [7, 11) is 0. The predicted octanol–water partition coefficient (Wildman–Crippen LogP) is 4.42. The molecule has 0 aromatic heterocycles. The fourth-order valence-corrected chi connectivity index (χ4v) is 3.11. The van der Waals surface area contributed by atoms with Crippen LogP contribution in [0, 0.1) is 5.82 Å². The lowest BCUT2D eigenvalue weighted by Crippen LogP contribution is -2.14. The van der Waals surface area contributed by atoms with Crippen molar-refractivity contribution >= 4 is 50.9 Å². The highest BCUT2D eigenvalue weighted by atomic mass is 79.9. The van der Waals surface area contributed by atoms with Gasteiger partial charge in [-0.25, -0.2) is 4.39 Å². The number of carbonyl (C=O) groups is 2. The van der Waals surface area contributed by atoms with Crippen molar-refractivity contribution in [2.45, 2.75) is 12.7 Å². The van der Waals surface area contributed by atoms with Crippen LogP contribution in [0.15, 0.2) is 46.9 Å². The highest BCUT2D eigenvalue weighted by molar-refractivity contribution is 9.10.